The van der Waals surface area contributed by atoms with Gasteiger partial charge in [-0.15, -0.1) is 11.8 Å². The lowest BCUT2D eigenvalue weighted by Gasteiger charge is -2.23. The number of hydrogen-bond donors (Lipinski definition) is 1. The van der Waals surface area contributed by atoms with E-state index in [1.807, 2.05) is 25.1 Å². The van der Waals surface area contributed by atoms with Crippen LogP contribution in [0.4, 0.5) is 0 Å². The molecule has 2 aromatic rings. The van der Waals surface area contributed by atoms with Crippen LogP contribution in [0.1, 0.15) is 29.9 Å². The molecule has 0 amide bonds. The second-order valence-corrected chi connectivity index (χ2v) is 5.91. The summed E-state index contributed by atoms with van der Waals surface area (Å²) in [7, 11) is 1.68. The van der Waals surface area contributed by atoms with Crippen molar-refractivity contribution in [3.63, 3.8) is 0 Å². The molecule has 0 saturated heterocycles. The predicted octanol–water partition coefficient (Wildman–Crippen LogP) is 4.17. The van der Waals surface area contributed by atoms with Gasteiger partial charge < -0.3 is 14.9 Å². The van der Waals surface area contributed by atoms with E-state index in [2.05, 4.69) is 19.1 Å². The second kappa shape index (κ2) is 6.86. The lowest BCUT2D eigenvalue weighted by molar-refractivity contribution is 0.414. The van der Waals surface area contributed by atoms with Gasteiger partial charge in [0, 0.05) is 16.2 Å². The molecule has 108 valence electrons. The SMILES string of the molecule is CCC(N)C(Sc1ccoc1C)c1cccc(OC)c1. The van der Waals surface area contributed by atoms with Gasteiger partial charge in [-0.1, -0.05) is 19.1 Å². The van der Waals surface area contributed by atoms with Crippen LogP contribution in [0.2, 0.25) is 0 Å². The average molecular weight is 291 g/mol. The molecule has 0 saturated carbocycles. The molecule has 4 heteroatoms. The van der Waals surface area contributed by atoms with Gasteiger partial charge in [0.25, 0.3) is 0 Å². The number of nitrogens with two attached hydrogens (primary N) is 1. The Morgan fingerprint density at radius 3 is 2.75 bits per heavy atom. The fourth-order valence-electron chi connectivity index (χ4n) is 2.07. The van der Waals surface area contributed by atoms with Gasteiger partial charge in [-0.2, -0.15) is 0 Å². The van der Waals surface area contributed by atoms with E-state index in [0.29, 0.717) is 0 Å². The van der Waals surface area contributed by atoms with Crippen LogP contribution >= 0.6 is 11.8 Å². The molecule has 0 fully saturated rings. The van der Waals surface area contributed by atoms with E-state index in [9.17, 15) is 0 Å². The summed E-state index contributed by atoms with van der Waals surface area (Å²) in [5.41, 5.74) is 7.50. The lowest BCUT2D eigenvalue weighted by atomic mass is 10.0. The number of aryl methyl sites for hydroxylation is 1. The smallest absolute Gasteiger partial charge is 0.119 e. The van der Waals surface area contributed by atoms with Crippen molar-refractivity contribution in [2.45, 2.75) is 36.5 Å². The fourth-order valence-corrected chi connectivity index (χ4v) is 3.34. The molecule has 2 unspecified atom stereocenters. The first-order chi connectivity index (χ1) is 9.65. The Morgan fingerprint density at radius 2 is 2.15 bits per heavy atom. The molecule has 1 aromatic heterocycles. The van der Waals surface area contributed by atoms with Crippen molar-refractivity contribution in [2.75, 3.05) is 7.11 Å². The van der Waals surface area contributed by atoms with Crippen molar-refractivity contribution in [1.29, 1.82) is 0 Å². The fraction of sp³-hybridized carbons (Fsp3) is 0.375. The third-order valence-corrected chi connectivity index (χ3v) is 4.90. The zero-order chi connectivity index (χ0) is 14.5. The van der Waals surface area contributed by atoms with Gasteiger partial charge in [0.1, 0.15) is 11.5 Å². The maximum absolute atomic E-state index is 6.32. The zero-order valence-corrected chi connectivity index (χ0v) is 12.9. The highest BCUT2D eigenvalue weighted by atomic mass is 32.2. The van der Waals surface area contributed by atoms with E-state index in [4.69, 9.17) is 14.9 Å². The van der Waals surface area contributed by atoms with Gasteiger partial charge in [0.15, 0.2) is 0 Å². The minimum atomic E-state index is 0.0846. The molecule has 1 heterocycles. The highest BCUT2D eigenvalue weighted by Crippen LogP contribution is 2.40. The molecule has 0 bridgehead atoms. The Bertz CT molecular complexity index is 553. The first kappa shape index (κ1) is 15.0. The highest BCUT2D eigenvalue weighted by Gasteiger charge is 2.21. The molecule has 0 spiro atoms. The molecule has 0 aliphatic carbocycles. The number of furan rings is 1. The second-order valence-electron chi connectivity index (χ2n) is 4.73. The Kier molecular flexibility index (Phi) is 5.15. The number of rotatable bonds is 6. The van der Waals surface area contributed by atoms with Crippen LogP contribution in [0.3, 0.4) is 0 Å². The Morgan fingerprint density at radius 1 is 1.35 bits per heavy atom. The van der Waals surface area contributed by atoms with Gasteiger partial charge in [0.05, 0.1) is 13.4 Å². The molecule has 3 nitrogen and oxygen atoms in total. The Balaban J connectivity index is 2.29. The largest absolute Gasteiger partial charge is 0.497 e. The third kappa shape index (κ3) is 3.38. The monoisotopic (exact) mass is 291 g/mol. The molecule has 2 atom stereocenters. The number of ether oxygens (including phenoxy) is 1. The Hall–Kier alpha value is -1.39. The van der Waals surface area contributed by atoms with Gasteiger partial charge in [-0.3, -0.25) is 0 Å². The number of methoxy groups -OCH3 is 1. The normalized spacial score (nSPS) is 14.0. The van der Waals surface area contributed by atoms with Crippen molar-refractivity contribution in [2.24, 2.45) is 5.73 Å². The van der Waals surface area contributed by atoms with Crippen LogP contribution in [-0.2, 0) is 0 Å². The molecule has 0 aliphatic heterocycles. The van der Waals surface area contributed by atoms with Crippen molar-refractivity contribution in [3.8, 4) is 5.75 Å². The van der Waals surface area contributed by atoms with Gasteiger partial charge in [-0.05, 0) is 37.1 Å². The molecular formula is C16H21NO2S. The highest BCUT2D eigenvalue weighted by molar-refractivity contribution is 7.99. The van der Waals surface area contributed by atoms with Crippen LogP contribution in [0.25, 0.3) is 0 Å². The average Bonchev–Trinajstić information content (AvgIpc) is 2.89. The van der Waals surface area contributed by atoms with Crippen molar-refractivity contribution in [1.82, 2.24) is 0 Å². The zero-order valence-electron chi connectivity index (χ0n) is 12.1. The lowest BCUT2D eigenvalue weighted by Crippen LogP contribution is -2.25. The molecule has 1 aromatic carbocycles. The number of thioether (sulfide) groups is 1. The van der Waals surface area contributed by atoms with E-state index < -0.39 is 0 Å². The minimum absolute atomic E-state index is 0.0846. The number of benzene rings is 1. The molecular weight excluding hydrogens is 270 g/mol. The van der Waals surface area contributed by atoms with E-state index >= 15 is 0 Å². The minimum Gasteiger partial charge on any atom is -0.497 e. The van der Waals surface area contributed by atoms with E-state index in [1.54, 1.807) is 25.1 Å². The summed E-state index contributed by atoms with van der Waals surface area (Å²) in [6.45, 7) is 4.09. The van der Waals surface area contributed by atoms with Gasteiger partial charge in [-0.25, -0.2) is 0 Å². The molecule has 2 N–H and O–H groups in total. The third-order valence-electron chi connectivity index (χ3n) is 3.35. The van der Waals surface area contributed by atoms with Crippen LogP contribution in [0, 0.1) is 6.92 Å². The molecule has 0 radical (unpaired) electrons. The molecule has 0 aliphatic rings. The summed E-state index contributed by atoms with van der Waals surface area (Å²) in [5, 5.41) is 0.186. The summed E-state index contributed by atoms with van der Waals surface area (Å²) in [6, 6.07) is 10.2. The van der Waals surface area contributed by atoms with Crippen LogP contribution in [0.5, 0.6) is 5.75 Å². The van der Waals surface area contributed by atoms with Gasteiger partial charge >= 0.3 is 0 Å². The van der Waals surface area contributed by atoms with Crippen LogP contribution in [0.15, 0.2) is 45.9 Å². The summed E-state index contributed by atoms with van der Waals surface area (Å²) in [6.07, 6.45) is 2.64. The summed E-state index contributed by atoms with van der Waals surface area (Å²) in [4.78, 5) is 1.14. The van der Waals surface area contributed by atoms with E-state index in [-0.39, 0.29) is 11.3 Å². The first-order valence-corrected chi connectivity index (χ1v) is 7.64. The van der Waals surface area contributed by atoms with Crippen LogP contribution in [-0.4, -0.2) is 13.2 Å². The first-order valence-electron chi connectivity index (χ1n) is 6.76. The van der Waals surface area contributed by atoms with Gasteiger partial charge in [0.2, 0.25) is 0 Å². The van der Waals surface area contributed by atoms with Crippen molar-refractivity contribution >= 4 is 11.8 Å². The topological polar surface area (TPSA) is 48.4 Å². The summed E-state index contributed by atoms with van der Waals surface area (Å²) < 4.78 is 10.7. The Labute approximate surface area is 124 Å². The number of hydrogen-bond acceptors (Lipinski definition) is 4. The quantitative estimate of drug-likeness (QED) is 0.812. The van der Waals surface area contributed by atoms with Crippen LogP contribution < -0.4 is 10.5 Å². The van der Waals surface area contributed by atoms with E-state index in [1.165, 1.54) is 5.56 Å². The summed E-state index contributed by atoms with van der Waals surface area (Å²) in [5.74, 6) is 1.80. The maximum Gasteiger partial charge on any atom is 0.119 e. The van der Waals surface area contributed by atoms with Crippen molar-refractivity contribution < 1.29 is 9.15 Å². The summed E-state index contributed by atoms with van der Waals surface area (Å²) >= 11 is 1.75. The molecule has 20 heavy (non-hydrogen) atoms. The van der Waals surface area contributed by atoms with E-state index in [0.717, 1.165) is 22.8 Å². The maximum atomic E-state index is 6.32. The standard InChI is InChI=1S/C16H21NO2S/c1-4-14(17)16(20-15-8-9-19-11(15)2)12-6-5-7-13(10-12)18-3/h5-10,14,16H,4,17H2,1-3H3. The molecule has 2 rings (SSSR count). The predicted molar refractivity (Wildman–Crippen MR) is 83.3 cm³/mol. The van der Waals surface area contributed by atoms with Crippen molar-refractivity contribution in [3.05, 3.63) is 47.9 Å².